The first-order valence-electron chi connectivity index (χ1n) is 8.03. The van der Waals surface area contributed by atoms with Gasteiger partial charge in [0, 0.05) is 12.1 Å². The molecule has 3 rings (SSSR count). The van der Waals surface area contributed by atoms with Crippen molar-refractivity contribution in [3.63, 3.8) is 0 Å². The van der Waals surface area contributed by atoms with Crippen LogP contribution in [0.4, 0.5) is 4.39 Å². The minimum atomic E-state index is -0.535. The number of halogens is 1. The van der Waals surface area contributed by atoms with Crippen LogP contribution in [0.2, 0.25) is 0 Å². The summed E-state index contributed by atoms with van der Waals surface area (Å²) in [5.74, 6) is -0.453. The molecule has 0 radical (unpaired) electrons. The monoisotopic (exact) mass is 355 g/mol. The fraction of sp³-hybridized carbons (Fsp3) is 0.158. The zero-order valence-electron chi connectivity index (χ0n) is 13.9. The smallest absolute Gasteiger partial charge is 0.273 e. The number of carbonyl (C=O) groups excluding carboxylic acids is 1. The first-order chi connectivity index (χ1) is 12.5. The van der Waals surface area contributed by atoms with E-state index in [0.717, 1.165) is 5.56 Å². The number of aromatic nitrogens is 1. The molecule has 0 saturated carbocycles. The van der Waals surface area contributed by atoms with Crippen molar-refractivity contribution in [1.82, 2.24) is 10.3 Å². The number of nitrogens with one attached hydrogen (secondary N) is 1. The molecule has 1 unspecified atom stereocenters. The first kappa shape index (κ1) is 17.6. The van der Waals surface area contributed by atoms with Crippen molar-refractivity contribution < 1.29 is 18.7 Å². The molecule has 0 saturated heterocycles. The third-order valence-corrected chi connectivity index (χ3v) is 3.86. The average Bonchev–Trinajstić information content (AvgIpc) is 3.13. The van der Waals surface area contributed by atoms with Crippen molar-refractivity contribution in [2.45, 2.75) is 19.0 Å². The van der Waals surface area contributed by atoms with Gasteiger partial charge in [-0.3, -0.25) is 4.79 Å². The van der Waals surface area contributed by atoms with Gasteiger partial charge in [-0.1, -0.05) is 30.3 Å². The zero-order valence-corrected chi connectivity index (χ0v) is 13.9. The number of amides is 1. The van der Waals surface area contributed by atoms with Gasteiger partial charge in [-0.25, -0.2) is 9.37 Å². The Morgan fingerprint density at radius 3 is 2.69 bits per heavy atom. The SMILES string of the molecule is NC(Cc1ccc(O)cc1)c1nc(C(=O)NCc2ccccc2F)co1. The van der Waals surface area contributed by atoms with Crippen LogP contribution in [-0.2, 0) is 13.0 Å². The number of nitrogens with two attached hydrogens (primary N) is 1. The maximum Gasteiger partial charge on any atom is 0.273 e. The first-order valence-corrected chi connectivity index (χ1v) is 8.03. The Labute approximate surface area is 149 Å². The van der Waals surface area contributed by atoms with Gasteiger partial charge in [-0.2, -0.15) is 0 Å². The van der Waals surface area contributed by atoms with Crippen molar-refractivity contribution in [1.29, 1.82) is 0 Å². The van der Waals surface area contributed by atoms with E-state index in [-0.39, 0.29) is 29.7 Å². The molecule has 1 atom stereocenters. The quantitative estimate of drug-likeness (QED) is 0.631. The van der Waals surface area contributed by atoms with Gasteiger partial charge in [0.1, 0.15) is 17.8 Å². The summed E-state index contributed by atoms with van der Waals surface area (Å²) in [6, 6.07) is 12.3. The zero-order chi connectivity index (χ0) is 18.5. The number of rotatable bonds is 6. The van der Waals surface area contributed by atoms with E-state index >= 15 is 0 Å². The maximum atomic E-state index is 13.6. The number of hydrogen-bond donors (Lipinski definition) is 3. The van der Waals surface area contributed by atoms with Gasteiger partial charge in [-0.05, 0) is 30.2 Å². The van der Waals surface area contributed by atoms with Crippen LogP contribution in [-0.4, -0.2) is 16.0 Å². The second kappa shape index (κ2) is 7.79. The highest BCUT2D eigenvalue weighted by molar-refractivity contribution is 5.91. The Morgan fingerprint density at radius 1 is 1.23 bits per heavy atom. The Kier molecular flexibility index (Phi) is 5.28. The van der Waals surface area contributed by atoms with E-state index in [0.29, 0.717) is 12.0 Å². The Morgan fingerprint density at radius 2 is 1.96 bits per heavy atom. The fourth-order valence-corrected chi connectivity index (χ4v) is 2.44. The van der Waals surface area contributed by atoms with Crippen LogP contribution in [0.25, 0.3) is 0 Å². The van der Waals surface area contributed by atoms with Crippen LogP contribution in [0.5, 0.6) is 5.75 Å². The number of aromatic hydroxyl groups is 1. The molecule has 1 amide bonds. The number of oxazole rings is 1. The number of phenolic OH excluding ortho intramolecular Hbond substituents is 1. The predicted octanol–water partition coefficient (Wildman–Crippen LogP) is 2.69. The maximum absolute atomic E-state index is 13.6. The predicted molar refractivity (Wildman–Crippen MR) is 92.8 cm³/mol. The second-order valence-corrected chi connectivity index (χ2v) is 5.82. The molecule has 1 aromatic heterocycles. The standard InChI is InChI=1S/C19H18FN3O3/c20-15-4-2-1-3-13(15)10-22-18(25)17-11-26-19(23-17)16(21)9-12-5-7-14(24)8-6-12/h1-8,11,16,24H,9-10,21H2,(H,22,25). The van der Waals surface area contributed by atoms with Crippen molar-refractivity contribution in [2.75, 3.05) is 0 Å². The molecule has 0 aliphatic heterocycles. The van der Waals surface area contributed by atoms with Crippen molar-refractivity contribution in [2.24, 2.45) is 5.73 Å². The van der Waals surface area contributed by atoms with Gasteiger partial charge >= 0.3 is 0 Å². The van der Waals surface area contributed by atoms with Crippen molar-refractivity contribution in [3.05, 3.63) is 83.3 Å². The number of benzene rings is 2. The van der Waals surface area contributed by atoms with Gasteiger partial charge in [0.15, 0.2) is 5.69 Å². The van der Waals surface area contributed by atoms with Crippen LogP contribution in [0.15, 0.2) is 59.2 Å². The number of hydrogen-bond acceptors (Lipinski definition) is 5. The van der Waals surface area contributed by atoms with Gasteiger partial charge < -0.3 is 20.6 Å². The van der Waals surface area contributed by atoms with E-state index < -0.39 is 11.9 Å². The molecule has 1 heterocycles. The van der Waals surface area contributed by atoms with E-state index in [1.54, 1.807) is 42.5 Å². The molecule has 6 nitrogen and oxygen atoms in total. The lowest BCUT2D eigenvalue weighted by atomic mass is 10.1. The summed E-state index contributed by atoms with van der Waals surface area (Å²) in [4.78, 5) is 16.2. The van der Waals surface area contributed by atoms with Gasteiger partial charge in [0.05, 0.1) is 6.04 Å². The molecule has 0 fully saturated rings. The van der Waals surface area contributed by atoms with E-state index in [9.17, 15) is 14.3 Å². The Balaban J connectivity index is 1.60. The minimum Gasteiger partial charge on any atom is -0.508 e. The third-order valence-electron chi connectivity index (χ3n) is 3.86. The topological polar surface area (TPSA) is 101 Å². The summed E-state index contributed by atoms with van der Waals surface area (Å²) in [5.41, 5.74) is 7.43. The highest BCUT2D eigenvalue weighted by atomic mass is 19.1. The third kappa shape index (κ3) is 4.25. The minimum absolute atomic E-state index is 0.0489. The number of carbonyl (C=O) groups is 1. The lowest BCUT2D eigenvalue weighted by Gasteiger charge is -2.07. The molecule has 7 heteroatoms. The van der Waals surface area contributed by atoms with Crippen LogP contribution in [0, 0.1) is 5.82 Å². The molecular formula is C19H18FN3O3. The molecule has 0 bridgehead atoms. The van der Waals surface area contributed by atoms with Crippen LogP contribution in [0.3, 0.4) is 0 Å². The lowest BCUT2D eigenvalue weighted by Crippen LogP contribution is -2.24. The Hall–Kier alpha value is -3.19. The van der Waals surface area contributed by atoms with Gasteiger partial charge in [0.2, 0.25) is 5.89 Å². The number of nitrogens with zero attached hydrogens (tertiary/aromatic N) is 1. The summed E-state index contributed by atoms with van der Waals surface area (Å²) in [6.07, 6.45) is 1.67. The molecule has 0 spiro atoms. The largest absolute Gasteiger partial charge is 0.508 e. The molecule has 0 aliphatic carbocycles. The molecule has 2 aromatic carbocycles. The molecule has 3 aromatic rings. The summed E-state index contributed by atoms with van der Waals surface area (Å²) < 4.78 is 18.9. The van der Waals surface area contributed by atoms with E-state index in [2.05, 4.69) is 10.3 Å². The lowest BCUT2D eigenvalue weighted by molar-refractivity contribution is 0.0945. The van der Waals surface area contributed by atoms with Crippen LogP contribution < -0.4 is 11.1 Å². The van der Waals surface area contributed by atoms with Gasteiger partial charge in [0.25, 0.3) is 5.91 Å². The highest BCUT2D eigenvalue weighted by Crippen LogP contribution is 2.18. The van der Waals surface area contributed by atoms with Gasteiger partial charge in [-0.15, -0.1) is 0 Å². The normalized spacial score (nSPS) is 11.9. The molecule has 134 valence electrons. The Bertz CT molecular complexity index is 893. The highest BCUT2D eigenvalue weighted by Gasteiger charge is 2.17. The van der Waals surface area contributed by atoms with E-state index in [4.69, 9.17) is 10.2 Å². The van der Waals surface area contributed by atoms with Crippen LogP contribution >= 0.6 is 0 Å². The fourth-order valence-electron chi connectivity index (χ4n) is 2.44. The molecule has 0 aliphatic rings. The average molecular weight is 355 g/mol. The molecule has 26 heavy (non-hydrogen) atoms. The summed E-state index contributed by atoms with van der Waals surface area (Å²) in [5, 5.41) is 11.9. The number of phenols is 1. The summed E-state index contributed by atoms with van der Waals surface area (Å²) >= 11 is 0. The summed E-state index contributed by atoms with van der Waals surface area (Å²) in [6.45, 7) is 0.0489. The summed E-state index contributed by atoms with van der Waals surface area (Å²) in [7, 11) is 0. The molecule has 4 N–H and O–H groups in total. The van der Waals surface area contributed by atoms with E-state index in [1.807, 2.05) is 0 Å². The van der Waals surface area contributed by atoms with Crippen LogP contribution in [0.1, 0.15) is 33.5 Å². The van der Waals surface area contributed by atoms with Crippen molar-refractivity contribution >= 4 is 5.91 Å². The molecular weight excluding hydrogens is 337 g/mol. The van der Waals surface area contributed by atoms with E-state index in [1.165, 1.54) is 12.3 Å². The van der Waals surface area contributed by atoms with Crippen molar-refractivity contribution in [3.8, 4) is 5.75 Å². The second-order valence-electron chi connectivity index (χ2n) is 5.82.